The number of carbonyl (C=O) groups is 1. The molecule has 3 rings (SSSR count). The van der Waals surface area contributed by atoms with Gasteiger partial charge in [-0.2, -0.15) is 13.2 Å². The summed E-state index contributed by atoms with van der Waals surface area (Å²) in [6.07, 6.45) is -4.64. The van der Waals surface area contributed by atoms with Crippen LogP contribution in [0.4, 0.5) is 23.7 Å². The second-order valence-corrected chi connectivity index (χ2v) is 7.12. The lowest BCUT2D eigenvalue weighted by atomic mass is 9.90. The number of nitrogens with one attached hydrogen (secondary N) is 1. The monoisotopic (exact) mass is 406 g/mol. The van der Waals surface area contributed by atoms with Crippen molar-refractivity contribution in [3.63, 3.8) is 0 Å². The van der Waals surface area contributed by atoms with Crippen molar-refractivity contribution < 1.29 is 27.4 Å². The van der Waals surface area contributed by atoms with E-state index in [-0.39, 0.29) is 29.5 Å². The molecule has 1 aromatic carbocycles. The first-order valence-corrected chi connectivity index (χ1v) is 9.13. The molecule has 0 radical (unpaired) electrons. The SMILES string of the molecule is CC(=C=C(C)COc1ccc2c(c1)C(C#CC1CC1)(C(F)(F)F)OC(=O)N2)CN. The van der Waals surface area contributed by atoms with Crippen LogP contribution in [0.3, 0.4) is 0 Å². The van der Waals surface area contributed by atoms with E-state index < -0.39 is 17.9 Å². The minimum Gasteiger partial charge on any atom is -0.489 e. The highest BCUT2D eigenvalue weighted by atomic mass is 19.4. The van der Waals surface area contributed by atoms with E-state index in [4.69, 9.17) is 15.2 Å². The fourth-order valence-corrected chi connectivity index (χ4v) is 2.79. The Morgan fingerprint density at radius 2 is 2.07 bits per heavy atom. The Labute approximate surface area is 166 Å². The maximum absolute atomic E-state index is 14.1. The number of nitrogens with two attached hydrogens (primary N) is 1. The van der Waals surface area contributed by atoms with Crippen molar-refractivity contribution in [2.45, 2.75) is 38.5 Å². The summed E-state index contributed by atoms with van der Waals surface area (Å²) in [7, 11) is 0. The molecule has 29 heavy (non-hydrogen) atoms. The summed E-state index contributed by atoms with van der Waals surface area (Å²) in [6, 6.07) is 4.04. The van der Waals surface area contributed by atoms with Crippen molar-refractivity contribution in [2.24, 2.45) is 11.7 Å². The van der Waals surface area contributed by atoms with Gasteiger partial charge < -0.3 is 15.2 Å². The molecule has 1 atom stereocenters. The summed E-state index contributed by atoms with van der Waals surface area (Å²) in [6.45, 7) is 4.07. The van der Waals surface area contributed by atoms with E-state index in [2.05, 4.69) is 22.9 Å². The predicted molar refractivity (Wildman–Crippen MR) is 101 cm³/mol. The summed E-state index contributed by atoms with van der Waals surface area (Å²) in [5.74, 6) is 4.88. The lowest BCUT2D eigenvalue weighted by Gasteiger charge is -2.35. The Bertz CT molecular complexity index is 948. The maximum Gasteiger partial charge on any atom is 0.445 e. The van der Waals surface area contributed by atoms with Gasteiger partial charge in [-0.15, -0.1) is 5.73 Å². The van der Waals surface area contributed by atoms with E-state index in [9.17, 15) is 18.0 Å². The number of alkyl halides is 3. The molecule has 1 aromatic rings. The van der Waals surface area contributed by atoms with Crippen LogP contribution in [0.5, 0.6) is 5.75 Å². The Hall–Kier alpha value is -2.88. The first-order chi connectivity index (χ1) is 13.6. The van der Waals surface area contributed by atoms with Crippen LogP contribution in [0.2, 0.25) is 0 Å². The summed E-state index contributed by atoms with van der Waals surface area (Å²) in [5.41, 5.74) is 6.79. The molecule has 0 aromatic heterocycles. The predicted octanol–water partition coefficient (Wildman–Crippen LogP) is 4.25. The number of ether oxygens (including phenoxy) is 2. The van der Waals surface area contributed by atoms with Crippen LogP contribution in [0.25, 0.3) is 0 Å². The number of rotatable bonds is 4. The van der Waals surface area contributed by atoms with Crippen molar-refractivity contribution in [2.75, 3.05) is 18.5 Å². The molecular formula is C21H21F3N2O3. The number of halogens is 3. The topological polar surface area (TPSA) is 73.6 Å². The Kier molecular flexibility index (Phi) is 5.65. The van der Waals surface area contributed by atoms with Gasteiger partial charge in [-0.05, 0) is 56.4 Å². The quantitative estimate of drug-likeness (QED) is 0.579. The van der Waals surface area contributed by atoms with Crippen LogP contribution in [0.1, 0.15) is 32.3 Å². The van der Waals surface area contributed by atoms with Gasteiger partial charge in [0.15, 0.2) is 0 Å². The number of amides is 1. The molecule has 1 fully saturated rings. The zero-order chi connectivity index (χ0) is 21.2. The summed E-state index contributed by atoms with van der Waals surface area (Å²) in [5, 5.41) is 2.30. The van der Waals surface area contributed by atoms with Gasteiger partial charge in [0.2, 0.25) is 0 Å². The smallest absolute Gasteiger partial charge is 0.445 e. The lowest BCUT2D eigenvalue weighted by Crippen LogP contribution is -2.49. The highest BCUT2D eigenvalue weighted by Gasteiger charge is 2.62. The molecule has 154 valence electrons. The number of cyclic esters (lactones) is 1. The third-order valence-electron chi connectivity index (χ3n) is 4.47. The lowest BCUT2D eigenvalue weighted by molar-refractivity contribution is -0.239. The number of carbonyl (C=O) groups excluding carboxylic acids is 1. The summed E-state index contributed by atoms with van der Waals surface area (Å²) >= 11 is 0. The maximum atomic E-state index is 14.1. The highest BCUT2D eigenvalue weighted by Crippen LogP contribution is 2.48. The van der Waals surface area contributed by atoms with Crippen molar-refractivity contribution in [3.8, 4) is 17.6 Å². The van der Waals surface area contributed by atoms with E-state index in [0.29, 0.717) is 6.54 Å². The van der Waals surface area contributed by atoms with Crippen molar-refractivity contribution in [3.05, 3.63) is 40.6 Å². The molecule has 1 aliphatic heterocycles. The van der Waals surface area contributed by atoms with Crippen molar-refractivity contribution in [1.29, 1.82) is 0 Å². The Balaban J connectivity index is 1.99. The molecule has 5 nitrogen and oxygen atoms in total. The van der Waals surface area contributed by atoms with Gasteiger partial charge in [0, 0.05) is 23.6 Å². The molecular weight excluding hydrogens is 385 g/mol. The zero-order valence-corrected chi connectivity index (χ0v) is 16.1. The number of hydrogen-bond acceptors (Lipinski definition) is 4. The van der Waals surface area contributed by atoms with Gasteiger partial charge in [0.1, 0.15) is 12.4 Å². The molecule has 1 amide bonds. The molecule has 0 bridgehead atoms. The molecule has 3 N–H and O–H groups in total. The second kappa shape index (κ2) is 7.86. The molecule has 2 aliphatic rings. The van der Waals surface area contributed by atoms with E-state index in [1.54, 1.807) is 6.92 Å². The average molecular weight is 406 g/mol. The highest BCUT2D eigenvalue weighted by molar-refractivity contribution is 5.90. The fraction of sp³-hybridized carbons (Fsp3) is 0.429. The van der Waals surface area contributed by atoms with E-state index in [1.807, 2.05) is 6.92 Å². The van der Waals surface area contributed by atoms with E-state index in [0.717, 1.165) is 24.0 Å². The molecule has 1 heterocycles. The first kappa shape index (κ1) is 20.8. The van der Waals surface area contributed by atoms with E-state index >= 15 is 0 Å². The molecule has 1 unspecified atom stereocenters. The fourth-order valence-electron chi connectivity index (χ4n) is 2.79. The van der Waals surface area contributed by atoms with E-state index in [1.165, 1.54) is 18.2 Å². The molecule has 8 heteroatoms. The van der Waals surface area contributed by atoms with Crippen LogP contribution in [-0.2, 0) is 10.3 Å². The largest absolute Gasteiger partial charge is 0.489 e. The Morgan fingerprint density at radius 1 is 1.34 bits per heavy atom. The van der Waals surface area contributed by atoms with Crippen LogP contribution in [-0.4, -0.2) is 25.4 Å². The normalized spacial score (nSPS) is 20.3. The number of benzene rings is 1. The number of hydrogen-bond donors (Lipinski definition) is 2. The average Bonchev–Trinajstić information content (AvgIpc) is 3.47. The van der Waals surface area contributed by atoms with Crippen LogP contribution < -0.4 is 15.8 Å². The van der Waals surface area contributed by atoms with Crippen molar-refractivity contribution in [1.82, 2.24) is 0 Å². The third-order valence-corrected chi connectivity index (χ3v) is 4.47. The molecule has 0 saturated heterocycles. The summed E-state index contributed by atoms with van der Waals surface area (Å²) in [4.78, 5) is 11.8. The van der Waals surface area contributed by atoms with Gasteiger partial charge >= 0.3 is 12.3 Å². The van der Waals surface area contributed by atoms with Gasteiger partial charge in [-0.25, -0.2) is 4.79 Å². The minimum atomic E-state index is -4.92. The minimum absolute atomic E-state index is 0.0119. The Morgan fingerprint density at radius 3 is 2.69 bits per heavy atom. The third kappa shape index (κ3) is 4.58. The molecule has 0 spiro atoms. The van der Waals surface area contributed by atoms with Gasteiger partial charge in [0.05, 0.1) is 5.69 Å². The van der Waals surface area contributed by atoms with Crippen molar-refractivity contribution >= 4 is 11.8 Å². The van der Waals surface area contributed by atoms with Crippen LogP contribution in [0, 0.1) is 17.8 Å². The van der Waals surface area contributed by atoms with Gasteiger partial charge in [-0.3, -0.25) is 5.32 Å². The molecule has 1 saturated carbocycles. The second-order valence-electron chi connectivity index (χ2n) is 7.12. The van der Waals surface area contributed by atoms with Gasteiger partial charge in [0.25, 0.3) is 5.60 Å². The van der Waals surface area contributed by atoms with Crippen LogP contribution in [0.15, 0.2) is 35.1 Å². The number of anilines is 1. The summed E-state index contributed by atoms with van der Waals surface area (Å²) < 4.78 is 52.6. The zero-order valence-electron chi connectivity index (χ0n) is 16.1. The molecule has 1 aliphatic carbocycles. The first-order valence-electron chi connectivity index (χ1n) is 9.13. The number of fused-ring (bicyclic) bond motifs is 1. The van der Waals surface area contributed by atoms with Crippen LogP contribution >= 0.6 is 0 Å². The van der Waals surface area contributed by atoms with Gasteiger partial charge in [-0.1, -0.05) is 5.92 Å². The standard InChI is InChI=1S/C21H21F3N2O3/c1-13(11-25)9-14(2)12-28-16-5-6-18-17(10-16)20(21(22,23)24,29-19(27)26-18)8-7-15-3-4-15/h5-6,10,15H,3-4,11-12,25H2,1-2H3,(H,26,27).